The number of hydrogen-bond acceptors (Lipinski definition) is 3. The Hall–Kier alpha value is -5.74. The molecule has 0 saturated heterocycles. The van der Waals surface area contributed by atoms with Gasteiger partial charge in [0, 0.05) is 29.2 Å². The zero-order chi connectivity index (χ0) is 28.5. The van der Waals surface area contributed by atoms with Gasteiger partial charge in [0.15, 0.2) is 0 Å². The fraction of sp³-hybridized carbons (Fsp3) is 0. The fourth-order valence-corrected chi connectivity index (χ4v) is 8.38. The predicted octanol–water partition coefficient (Wildman–Crippen LogP) is 7.96. The van der Waals surface area contributed by atoms with E-state index in [9.17, 15) is 0 Å². The van der Waals surface area contributed by atoms with Crippen LogP contribution in [0, 0.1) is 0 Å². The summed E-state index contributed by atoms with van der Waals surface area (Å²) in [6, 6.07) is 44.7. The Balaban J connectivity index is 1.31. The van der Waals surface area contributed by atoms with Crippen molar-refractivity contribution in [1.82, 2.24) is 9.97 Å². The highest BCUT2D eigenvalue weighted by Crippen LogP contribution is 2.46. The summed E-state index contributed by atoms with van der Waals surface area (Å²) >= 11 is 0. The van der Waals surface area contributed by atoms with Crippen molar-refractivity contribution in [2.24, 2.45) is 0 Å². The lowest BCUT2D eigenvalue weighted by Crippen LogP contribution is -2.55. The molecule has 4 heterocycles. The number of hydrogen-bond donors (Lipinski definition) is 0. The number of pyridine rings is 2. The number of anilines is 3. The van der Waals surface area contributed by atoms with E-state index in [-0.39, 0.29) is 6.71 Å². The normalized spacial score (nSPS) is 13.4. The summed E-state index contributed by atoms with van der Waals surface area (Å²) in [5.41, 5.74) is 12.3. The van der Waals surface area contributed by atoms with E-state index in [1.807, 2.05) is 18.5 Å². The molecule has 0 spiro atoms. The van der Waals surface area contributed by atoms with E-state index < -0.39 is 0 Å². The van der Waals surface area contributed by atoms with Crippen LogP contribution in [-0.2, 0) is 0 Å². The van der Waals surface area contributed by atoms with Crippen LogP contribution >= 0.6 is 0 Å². The van der Waals surface area contributed by atoms with Crippen LogP contribution in [0.1, 0.15) is 0 Å². The monoisotopic (exact) mass is 555 g/mol. The smallest absolute Gasteiger partial charge is 0.252 e. The van der Waals surface area contributed by atoms with Gasteiger partial charge in [-0.3, -0.25) is 9.97 Å². The van der Waals surface area contributed by atoms with Gasteiger partial charge in [0.2, 0.25) is 0 Å². The molecule has 0 unspecified atom stereocenters. The number of nitrogens with zero attached hydrogens (tertiary/aromatic N) is 3. The molecule has 0 N–H and O–H groups in total. The first-order valence-electron chi connectivity index (χ1n) is 15.2. The number of benzene rings is 7. The van der Waals surface area contributed by atoms with Crippen LogP contribution in [0.15, 0.2) is 134 Å². The van der Waals surface area contributed by atoms with Crippen molar-refractivity contribution < 1.29 is 0 Å². The van der Waals surface area contributed by atoms with Gasteiger partial charge >= 0.3 is 0 Å². The maximum absolute atomic E-state index is 4.98. The Morgan fingerprint density at radius 3 is 2.05 bits per heavy atom. The molecule has 44 heavy (non-hydrogen) atoms. The third kappa shape index (κ3) is 2.70. The van der Waals surface area contributed by atoms with Crippen molar-refractivity contribution in [3.8, 4) is 11.1 Å². The average Bonchev–Trinajstić information content (AvgIpc) is 3.43. The maximum atomic E-state index is 4.98. The van der Waals surface area contributed by atoms with Crippen molar-refractivity contribution >= 4 is 94.3 Å². The molecule has 0 saturated carbocycles. The first kappa shape index (κ1) is 22.8. The Kier molecular flexibility index (Phi) is 4.15. The van der Waals surface area contributed by atoms with Gasteiger partial charge in [-0.15, -0.1) is 0 Å². The van der Waals surface area contributed by atoms with Gasteiger partial charge in [-0.2, -0.15) is 0 Å². The summed E-state index contributed by atoms with van der Waals surface area (Å²) in [7, 11) is 0. The van der Waals surface area contributed by atoms with Gasteiger partial charge in [-0.25, -0.2) is 0 Å². The Morgan fingerprint density at radius 2 is 1.11 bits per heavy atom. The molecule has 0 bridgehead atoms. The lowest BCUT2D eigenvalue weighted by Gasteiger charge is -2.37. The lowest BCUT2D eigenvalue weighted by molar-refractivity contribution is 1.31. The molecular weight excluding hydrogens is 533 g/mol. The van der Waals surface area contributed by atoms with Gasteiger partial charge in [0.1, 0.15) is 0 Å². The second-order valence-corrected chi connectivity index (χ2v) is 12.1. The topological polar surface area (TPSA) is 29.0 Å². The molecule has 7 aromatic carbocycles. The minimum atomic E-state index is 0.0636. The Bertz CT molecular complexity index is 2680. The minimum Gasteiger partial charge on any atom is -0.311 e. The van der Waals surface area contributed by atoms with Crippen LogP contribution in [0.25, 0.3) is 65.3 Å². The lowest BCUT2D eigenvalue weighted by atomic mass is 9.36. The molecule has 0 atom stereocenters. The fourth-order valence-electron chi connectivity index (χ4n) is 8.38. The highest BCUT2D eigenvalue weighted by atomic mass is 15.2. The average molecular weight is 555 g/mol. The summed E-state index contributed by atoms with van der Waals surface area (Å²) in [6.07, 6.45) is 3.83. The Labute approximate surface area is 253 Å². The summed E-state index contributed by atoms with van der Waals surface area (Å²) in [6.45, 7) is 0.0636. The molecular formula is C40H22BN3. The second kappa shape index (κ2) is 8.00. The van der Waals surface area contributed by atoms with E-state index in [2.05, 4.69) is 120 Å². The first-order valence-corrected chi connectivity index (χ1v) is 15.2. The summed E-state index contributed by atoms with van der Waals surface area (Å²) in [5.74, 6) is 0. The second-order valence-electron chi connectivity index (χ2n) is 12.1. The third-order valence-electron chi connectivity index (χ3n) is 10.1. The third-order valence-corrected chi connectivity index (χ3v) is 10.1. The van der Waals surface area contributed by atoms with Crippen molar-refractivity contribution in [2.45, 2.75) is 0 Å². The van der Waals surface area contributed by atoms with E-state index in [1.165, 1.54) is 87.7 Å². The standard InChI is InChI=1S/C40H22BN3/c1-5-23-11-12-25-15-19-32(30-17-13-24(6-1)35(23)36(25)30)44-33-10-2-8-27-28-16-14-26-7-3-22-43-40(26)39(28)41(37(27)33)38-29-9-4-21-42-31(29)18-20-34(38)44/h1-22H. The van der Waals surface area contributed by atoms with Crippen LogP contribution in [0.4, 0.5) is 17.1 Å². The molecule has 2 aliphatic heterocycles. The van der Waals surface area contributed by atoms with E-state index >= 15 is 0 Å². The minimum absolute atomic E-state index is 0.0636. The van der Waals surface area contributed by atoms with Crippen LogP contribution in [0.3, 0.4) is 0 Å². The molecule has 2 aromatic heterocycles. The zero-order valence-electron chi connectivity index (χ0n) is 23.6. The Morgan fingerprint density at radius 1 is 0.432 bits per heavy atom. The number of aromatic nitrogens is 2. The molecule has 9 aromatic rings. The van der Waals surface area contributed by atoms with E-state index in [0.29, 0.717) is 0 Å². The highest BCUT2D eigenvalue weighted by molar-refractivity contribution is 7.03. The van der Waals surface area contributed by atoms with Gasteiger partial charge in [-0.05, 0) is 102 Å². The quantitative estimate of drug-likeness (QED) is 0.152. The summed E-state index contributed by atoms with van der Waals surface area (Å²) < 4.78 is 0. The van der Waals surface area contributed by atoms with Crippen LogP contribution < -0.4 is 21.3 Å². The SMILES string of the molecule is c1cc2c3c(c1)N(c1ccc4ccc5cccc6ccc1c4c56)c1ccc4ncccc4c1B3c1c-2ccc2cccnc12. The van der Waals surface area contributed by atoms with Gasteiger partial charge < -0.3 is 4.90 Å². The number of fused-ring (bicyclic) bond motifs is 9. The molecule has 200 valence electrons. The molecule has 3 nitrogen and oxygen atoms in total. The van der Waals surface area contributed by atoms with Crippen LogP contribution in [-0.4, -0.2) is 16.7 Å². The van der Waals surface area contributed by atoms with Gasteiger partial charge in [-0.1, -0.05) is 84.9 Å². The molecule has 0 radical (unpaired) electrons. The van der Waals surface area contributed by atoms with Crippen LogP contribution in [0.2, 0.25) is 0 Å². The number of rotatable bonds is 1. The molecule has 0 aliphatic carbocycles. The largest absolute Gasteiger partial charge is 0.311 e. The summed E-state index contributed by atoms with van der Waals surface area (Å²) in [5, 5.41) is 10.1. The maximum Gasteiger partial charge on any atom is 0.252 e. The predicted molar refractivity (Wildman–Crippen MR) is 186 cm³/mol. The molecule has 4 heteroatoms. The van der Waals surface area contributed by atoms with E-state index in [4.69, 9.17) is 9.97 Å². The molecule has 11 rings (SSSR count). The van der Waals surface area contributed by atoms with E-state index in [0.717, 1.165) is 11.0 Å². The summed E-state index contributed by atoms with van der Waals surface area (Å²) in [4.78, 5) is 12.3. The highest BCUT2D eigenvalue weighted by Gasteiger charge is 2.44. The van der Waals surface area contributed by atoms with E-state index in [1.54, 1.807) is 0 Å². The van der Waals surface area contributed by atoms with Crippen LogP contribution in [0.5, 0.6) is 0 Å². The molecule has 0 amide bonds. The van der Waals surface area contributed by atoms with Gasteiger partial charge in [0.25, 0.3) is 6.71 Å². The molecule has 0 fully saturated rings. The first-order chi connectivity index (χ1) is 21.8. The van der Waals surface area contributed by atoms with Gasteiger partial charge in [0.05, 0.1) is 16.7 Å². The van der Waals surface area contributed by atoms with Crippen molar-refractivity contribution in [3.63, 3.8) is 0 Å². The van der Waals surface area contributed by atoms with Crippen molar-refractivity contribution in [3.05, 3.63) is 134 Å². The zero-order valence-corrected chi connectivity index (χ0v) is 23.6. The molecule has 2 aliphatic rings. The van der Waals surface area contributed by atoms with Crippen molar-refractivity contribution in [1.29, 1.82) is 0 Å². The van der Waals surface area contributed by atoms with Crippen molar-refractivity contribution in [2.75, 3.05) is 4.90 Å².